The summed E-state index contributed by atoms with van der Waals surface area (Å²) in [6.07, 6.45) is 2.83. The van der Waals surface area contributed by atoms with Gasteiger partial charge >= 0.3 is 6.09 Å². The van der Waals surface area contributed by atoms with Crippen molar-refractivity contribution in [1.82, 2.24) is 4.90 Å². The number of carbonyl (C=O) groups excluding carboxylic acids is 1. The molecule has 31 heavy (non-hydrogen) atoms. The second kappa shape index (κ2) is 14.4. The fourth-order valence-electron chi connectivity index (χ4n) is 3.48. The lowest BCUT2D eigenvalue weighted by molar-refractivity contribution is -0.00333. The maximum absolute atomic E-state index is 12.4. The maximum atomic E-state index is 12.4. The molecule has 0 fully saturated rings. The van der Waals surface area contributed by atoms with E-state index in [2.05, 4.69) is 12.1 Å². The van der Waals surface area contributed by atoms with Crippen molar-refractivity contribution in [2.45, 2.75) is 78.5 Å². The van der Waals surface area contributed by atoms with Crippen LogP contribution in [0.2, 0.25) is 0 Å². The number of carbonyl (C=O) groups is 1. The number of hydrogen-bond acceptors (Lipinski definition) is 5. The van der Waals surface area contributed by atoms with Crippen LogP contribution in [0.3, 0.4) is 0 Å². The second-order valence-corrected chi connectivity index (χ2v) is 9.62. The van der Waals surface area contributed by atoms with Gasteiger partial charge in [0.25, 0.3) is 0 Å². The number of ether oxygens (including phenoxy) is 4. The molecule has 1 amide bonds. The molecule has 1 rings (SSSR count). The Hall–Kier alpha value is -1.63. The summed E-state index contributed by atoms with van der Waals surface area (Å²) in [6.45, 7) is 15.9. The highest BCUT2D eigenvalue weighted by Crippen LogP contribution is 2.25. The van der Waals surface area contributed by atoms with Gasteiger partial charge in [-0.2, -0.15) is 0 Å². The number of nitrogens with zero attached hydrogens (tertiary/aromatic N) is 1. The van der Waals surface area contributed by atoms with Crippen LogP contribution in [0.1, 0.15) is 66.4 Å². The number of hydrogen-bond donors (Lipinski definition) is 0. The van der Waals surface area contributed by atoms with E-state index in [1.165, 1.54) is 5.56 Å². The first-order chi connectivity index (χ1) is 14.6. The topological polar surface area (TPSA) is 57.2 Å². The maximum Gasteiger partial charge on any atom is 0.410 e. The molecular weight excluding hydrogens is 394 g/mol. The van der Waals surface area contributed by atoms with Gasteiger partial charge < -0.3 is 18.9 Å². The molecule has 0 bridgehead atoms. The third-order valence-corrected chi connectivity index (χ3v) is 4.54. The van der Waals surface area contributed by atoms with Crippen molar-refractivity contribution in [3.05, 3.63) is 35.9 Å². The van der Waals surface area contributed by atoms with E-state index in [9.17, 15) is 4.79 Å². The minimum atomic E-state index is -0.312. The van der Waals surface area contributed by atoms with Crippen LogP contribution in [0.4, 0.5) is 4.79 Å². The van der Waals surface area contributed by atoms with Crippen molar-refractivity contribution in [2.24, 2.45) is 0 Å². The van der Waals surface area contributed by atoms with E-state index in [1.807, 2.05) is 59.7 Å². The van der Waals surface area contributed by atoms with Crippen molar-refractivity contribution >= 4 is 6.09 Å². The van der Waals surface area contributed by atoms with Crippen LogP contribution in [-0.2, 0) is 25.6 Å². The van der Waals surface area contributed by atoms with E-state index < -0.39 is 0 Å². The summed E-state index contributed by atoms with van der Waals surface area (Å²) in [4.78, 5) is 14.2. The van der Waals surface area contributed by atoms with E-state index in [4.69, 9.17) is 18.9 Å². The highest BCUT2D eigenvalue weighted by Gasteiger charge is 2.36. The van der Waals surface area contributed by atoms with E-state index >= 15 is 0 Å². The molecule has 0 aromatic heterocycles. The molecule has 1 aromatic rings. The van der Waals surface area contributed by atoms with E-state index in [0.29, 0.717) is 26.4 Å². The fourth-order valence-corrected chi connectivity index (χ4v) is 3.48. The zero-order valence-electron chi connectivity index (χ0n) is 20.4. The molecule has 0 aliphatic heterocycles. The number of rotatable bonds is 14. The van der Waals surface area contributed by atoms with Gasteiger partial charge in [-0.05, 0) is 66.4 Å². The monoisotopic (exact) mass is 437 g/mol. The third-order valence-electron chi connectivity index (χ3n) is 4.54. The van der Waals surface area contributed by atoms with Gasteiger partial charge in [0.15, 0.2) is 0 Å². The van der Waals surface area contributed by atoms with E-state index in [0.717, 1.165) is 32.5 Å². The zero-order valence-corrected chi connectivity index (χ0v) is 20.4. The molecule has 6 nitrogen and oxygen atoms in total. The van der Waals surface area contributed by atoms with Gasteiger partial charge in [0, 0.05) is 24.3 Å². The molecule has 0 aliphatic rings. The van der Waals surface area contributed by atoms with Crippen LogP contribution in [0.5, 0.6) is 0 Å². The van der Waals surface area contributed by atoms with E-state index in [-0.39, 0.29) is 23.8 Å². The Labute approximate surface area is 189 Å². The summed E-state index contributed by atoms with van der Waals surface area (Å²) >= 11 is 0. The predicted octanol–water partition coefficient (Wildman–Crippen LogP) is 5.44. The Morgan fingerprint density at radius 2 is 1.23 bits per heavy atom. The van der Waals surface area contributed by atoms with Crippen molar-refractivity contribution in [2.75, 3.05) is 39.6 Å². The number of amides is 1. The lowest BCUT2D eigenvalue weighted by Crippen LogP contribution is -2.56. The van der Waals surface area contributed by atoms with Gasteiger partial charge in [0.1, 0.15) is 6.61 Å². The molecule has 0 saturated carbocycles. The molecule has 178 valence electrons. The van der Waals surface area contributed by atoms with Crippen LogP contribution in [0.25, 0.3) is 0 Å². The number of benzene rings is 1. The molecule has 0 N–H and O–H groups in total. The van der Waals surface area contributed by atoms with Crippen molar-refractivity contribution < 1.29 is 23.7 Å². The minimum Gasteiger partial charge on any atom is -0.447 e. The molecule has 0 saturated heterocycles. The summed E-state index contributed by atoms with van der Waals surface area (Å²) in [5.41, 5.74) is 0.595. The van der Waals surface area contributed by atoms with Crippen molar-refractivity contribution in [1.29, 1.82) is 0 Å². The van der Waals surface area contributed by atoms with Gasteiger partial charge in [-0.3, -0.25) is 4.90 Å². The van der Waals surface area contributed by atoms with Crippen molar-refractivity contribution in [3.63, 3.8) is 0 Å². The van der Waals surface area contributed by atoms with Gasteiger partial charge in [-0.15, -0.1) is 0 Å². The molecule has 0 heterocycles. The van der Waals surface area contributed by atoms with E-state index in [1.54, 1.807) is 4.90 Å². The summed E-state index contributed by atoms with van der Waals surface area (Å²) in [6, 6.07) is 10.2. The molecular formula is C25H43NO5. The van der Waals surface area contributed by atoms with Crippen LogP contribution in [0.15, 0.2) is 30.3 Å². The first-order valence-corrected chi connectivity index (χ1v) is 11.4. The molecule has 0 atom stereocenters. The molecule has 6 heteroatoms. The Morgan fingerprint density at radius 3 is 1.81 bits per heavy atom. The Balaban J connectivity index is 1.93. The van der Waals surface area contributed by atoms with Crippen molar-refractivity contribution in [3.8, 4) is 0 Å². The molecule has 1 aromatic carbocycles. The zero-order chi connectivity index (χ0) is 23.2. The van der Waals surface area contributed by atoms with Gasteiger partial charge in [0.05, 0.1) is 26.4 Å². The summed E-state index contributed by atoms with van der Waals surface area (Å²) in [5.74, 6) is 0. The smallest absolute Gasteiger partial charge is 0.410 e. The standard InChI is InChI=1S/C25H43NO5/c1-24(2,3)26(25(4,5)6)23(27)31-20-19-29-18-17-28-15-11-8-12-16-30-21-22-13-9-7-10-14-22/h7,9-10,13-14H,8,11-12,15-21H2,1-6H3. The summed E-state index contributed by atoms with van der Waals surface area (Å²) in [5, 5.41) is 0. The number of unbranched alkanes of at least 4 members (excludes halogenated alkanes) is 2. The quantitative estimate of drug-likeness (QED) is 0.363. The Bertz CT molecular complexity index is 578. The highest BCUT2D eigenvalue weighted by atomic mass is 16.6. The minimum absolute atomic E-state index is 0.241. The summed E-state index contributed by atoms with van der Waals surface area (Å²) < 4.78 is 22.1. The molecule has 0 radical (unpaired) electrons. The Morgan fingerprint density at radius 1 is 0.710 bits per heavy atom. The van der Waals surface area contributed by atoms with Gasteiger partial charge in [0.2, 0.25) is 0 Å². The highest BCUT2D eigenvalue weighted by molar-refractivity contribution is 5.69. The average Bonchev–Trinajstić information content (AvgIpc) is 2.66. The SMILES string of the molecule is CC(C)(C)N(C(=O)OCCOCCOCCCCCOCc1ccccc1)C(C)(C)C. The molecule has 0 unspecified atom stereocenters. The molecule has 0 aliphatic carbocycles. The average molecular weight is 438 g/mol. The van der Waals surface area contributed by atoms with Gasteiger partial charge in [-0.25, -0.2) is 4.79 Å². The normalized spacial score (nSPS) is 12.1. The van der Waals surface area contributed by atoms with Crippen LogP contribution in [-0.4, -0.2) is 61.7 Å². The molecule has 0 spiro atoms. The third kappa shape index (κ3) is 12.7. The first kappa shape index (κ1) is 27.4. The largest absolute Gasteiger partial charge is 0.447 e. The van der Waals surface area contributed by atoms with Crippen LogP contribution >= 0.6 is 0 Å². The van der Waals surface area contributed by atoms with Gasteiger partial charge in [-0.1, -0.05) is 30.3 Å². The summed E-state index contributed by atoms with van der Waals surface area (Å²) in [7, 11) is 0. The predicted molar refractivity (Wildman–Crippen MR) is 124 cm³/mol. The second-order valence-electron chi connectivity index (χ2n) is 9.62. The lowest BCUT2D eigenvalue weighted by atomic mass is 9.97. The Kier molecular flexibility index (Phi) is 12.8. The van der Waals surface area contributed by atoms with Crippen LogP contribution < -0.4 is 0 Å². The lowest BCUT2D eigenvalue weighted by Gasteiger charge is -2.44. The fraction of sp³-hybridized carbons (Fsp3) is 0.720. The van der Waals surface area contributed by atoms with Crippen LogP contribution in [0, 0.1) is 0 Å². The first-order valence-electron chi connectivity index (χ1n) is 11.4.